The normalized spacial score (nSPS) is 11.6. The van der Waals surface area contributed by atoms with Crippen molar-refractivity contribution in [3.05, 3.63) is 34.6 Å². The standard InChI is InChI=1S/C11H7Cl2F5O2/c1-11(12,13)2-5(19)20-3-4-6(14)8(16)10(18)9(17)7(4)15/h2-3H2,1H3. The van der Waals surface area contributed by atoms with Crippen molar-refractivity contribution in [1.82, 2.24) is 0 Å². The summed E-state index contributed by atoms with van der Waals surface area (Å²) in [6.07, 6.45) is -0.522. The fourth-order valence-electron chi connectivity index (χ4n) is 1.23. The predicted molar refractivity (Wildman–Crippen MR) is 60.8 cm³/mol. The van der Waals surface area contributed by atoms with E-state index in [1.54, 1.807) is 0 Å². The Hall–Kier alpha value is -1.08. The Labute approximate surface area is 120 Å². The summed E-state index contributed by atoms with van der Waals surface area (Å²) in [6.45, 7) is 0.129. The average molecular weight is 337 g/mol. The third-order valence-corrected chi connectivity index (χ3v) is 2.40. The molecule has 0 aliphatic carbocycles. The number of carbonyl (C=O) groups is 1. The first-order valence-electron chi connectivity index (χ1n) is 5.08. The first kappa shape index (κ1) is 17.0. The number of hydrogen-bond donors (Lipinski definition) is 0. The Morgan fingerprint density at radius 1 is 1.00 bits per heavy atom. The molecular formula is C11H7Cl2F5O2. The molecule has 0 N–H and O–H groups in total. The van der Waals surface area contributed by atoms with E-state index in [0.717, 1.165) is 0 Å². The first-order valence-corrected chi connectivity index (χ1v) is 5.84. The van der Waals surface area contributed by atoms with Crippen LogP contribution in [-0.4, -0.2) is 10.3 Å². The van der Waals surface area contributed by atoms with E-state index in [1.807, 2.05) is 0 Å². The maximum Gasteiger partial charge on any atom is 0.309 e. The highest BCUT2D eigenvalue weighted by atomic mass is 35.5. The lowest BCUT2D eigenvalue weighted by molar-refractivity contribution is -0.145. The van der Waals surface area contributed by atoms with Gasteiger partial charge in [-0.25, -0.2) is 22.0 Å². The van der Waals surface area contributed by atoms with E-state index in [4.69, 9.17) is 23.2 Å². The second kappa shape index (κ2) is 6.13. The smallest absolute Gasteiger partial charge is 0.309 e. The minimum Gasteiger partial charge on any atom is -0.460 e. The van der Waals surface area contributed by atoms with E-state index in [9.17, 15) is 26.7 Å². The van der Waals surface area contributed by atoms with Crippen molar-refractivity contribution in [3.63, 3.8) is 0 Å². The molecule has 0 aliphatic rings. The number of esters is 1. The molecule has 1 aromatic carbocycles. The van der Waals surface area contributed by atoms with Crippen LogP contribution in [0.3, 0.4) is 0 Å². The van der Waals surface area contributed by atoms with E-state index in [1.165, 1.54) is 6.92 Å². The molecule has 2 nitrogen and oxygen atoms in total. The van der Waals surface area contributed by atoms with E-state index in [-0.39, 0.29) is 0 Å². The topological polar surface area (TPSA) is 26.3 Å². The summed E-state index contributed by atoms with van der Waals surface area (Å²) in [5.41, 5.74) is -1.25. The molecule has 0 spiro atoms. The molecule has 20 heavy (non-hydrogen) atoms. The SMILES string of the molecule is CC(Cl)(Cl)CC(=O)OCc1c(F)c(F)c(F)c(F)c1F. The molecule has 0 saturated carbocycles. The number of carbonyl (C=O) groups excluding carboxylic acids is 1. The fraction of sp³-hybridized carbons (Fsp3) is 0.364. The van der Waals surface area contributed by atoms with Crippen molar-refractivity contribution in [1.29, 1.82) is 0 Å². The number of rotatable bonds is 4. The van der Waals surface area contributed by atoms with Crippen molar-refractivity contribution >= 4 is 29.2 Å². The van der Waals surface area contributed by atoms with Gasteiger partial charge >= 0.3 is 5.97 Å². The van der Waals surface area contributed by atoms with Crippen molar-refractivity contribution in [3.8, 4) is 0 Å². The summed E-state index contributed by atoms with van der Waals surface area (Å²) < 4.78 is 67.8. The van der Waals surface area contributed by atoms with Crippen molar-refractivity contribution in [2.24, 2.45) is 0 Å². The molecule has 0 aliphatic heterocycles. The van der Waals surface area contributed by atoms with Crippen LogP contribution in [0.4, 0.5) is 22.0 Å². The van der Waals surface area contributed by atoms with Crippen LogP contribution in [0.1, 0.15) is 18.9 Å². The van der Waals surface area contributed by atoms with E-state index in [0.29, 0.717) is 0 Å². The zero-order valence-electron chi connectivity index (χ0n) is 9.88. The van der Waals surface area contributed by atoms with Gasteiger partial charge in [-0.3, -0.25) is 4.79 Å². The molecule has 0 radical (unpaired) electrons. The molecule has 0 atom stereocenters. The lowest BCUT2D eigenvalue weighted by atomic mass is 10.2. The molecular weight excluding hydrogens is 330 g/mol. The van der Waals surface area contributed by atoms with Gasteiger partial charge in [-0.2, -0.15) is 0 Å². The average Bonchev–Trinajstić information content (AvgIpc) is 2.32. The molecule has 0 heterocycles. The van der Waals surface area contributed by atoms with Crippen LogP contribution in [-0.2, 0) is 16.1 Å². The van der Waals surface area contributed by atoms with Gasteiger partial charge in [0.25, 0.3) is 0 Å². The Kier molecular flexibility index (Phi) is 5.21. The second-order valence-electron chi connectivity index (χ2n) is 3.96. The molecule has 112 valence electrons. The summed E-state index contributed by atoms with van der Waals surface area (Å²) in [4.78, 5) is 11.2. The van der Waals surface area contributed by atoms with Crippen LogP contribution < -0.4 is 0 Å². The largest absolute Gasteiger partial charge is 0.460 e. The molecule has 9 heteroatoms. The minimum atomic E-state index is -2.29. The highest BCUT2D eigenvalue weighted by molar-refractivity contribution is 6.48. The summed E-state index contributed by atoms with van der Waals surface area (Å²) in [5.74, 6) is -11.7. The van der Waals surface area contributed by atoms with Gasteiger partial charge < -0.3 is 4.74 Å². The third-order valence-electron chi connectivity index (χ3n) is 2.13. The van der Waals surface area contributed by atoms with Gasteiger partial charge in [0.2, 0.25) is 5.82 Å². The molecule has 0 aromatic heterocycles. The number of halogens is 7. The van der Waals surface area contributed by atoms with Crippen LogP contribution in [0.5, 0.6) is 0 Å². The van der Waals surface area contributed by atoms with E-state index in [2.05, 4.69) is 4.74 Å². The van der Waals surface area contributed by atoms with Crippen molar-refractivity contribution < 1.29 is 31.5 Å². The third kappa shape index (κ3) is 3.96. The lowest BCUT2D eigenvalue weighted by Gasteiger charge is -2.13. The number of benzene rings is 1. The Morgan fingerprint density at radius 2 is 1.40 bits per heavy atom. The van der Waals surface area contributed by atoms with Crippen LogP contribution >= 0.6 is 23.2 Å². The Bertz CT molecular complexity index is 514. The second-order valence-corrected chi connectivity index (χ2v) is 5.82. The number of ether oxygens (including phenoxy) is 1. The highest BCUT2D eigenvalue weighted by Gasteiger charge is 2.27. The molecule has 0 unspecified atom stereocenters. The lowest BCUT2D eigenvalue weighted by Crippen LogP contribution is -2.17. The van der Waals surface area contributed by atoms with E-state index >= 15 is 0 Å². The van der Waals surface area contributed by atoms with Crippen LogP contribution in [0.15, 0.2) is 0 Å². The predicted octanol–water partition coefficient (Wildman–Crippen LogP) is 4.01. The van der Waals surface area contributed by atoms with Crippen molar-refractivity contribution in [2.75, 3.05) is 0 Å². The van der Waals surface area contributed by atoms with Gasteiger partial charge in [-0.1, -0.05) is 0 Å². The molecule has 0 bridgehead atoms. The number of alkyl halides is 2. The maximum atomic E-state index is 13.2. The molecule has 1 aromatic rings. The molecule has 0 fully saturated rings. The minimum absolute atomic E-state index is 0.522. The van der Waals surface area contributed by atoms with Crippen LogP contribution in [0, 0.1) is 29.1 Å². The van der Waals surface area contributed by atoms with Gasteiger partial charge in [-0.15, -0.1) is 23.2 Å². The van der Waals surface area contributed by atoms with Gasteiger partial charge in [-0.05, 0) is 6.92 Å². The van der Waals surface area contributed by atoms with Gasteiger partial charge in [0.05, 0.1) is 12.0 Å². The number of hydrogen-bond acceptors (Lipinski definition) is 2. The molecule has 1 rings (SSSR count). The summed E-state index contributed by atoms with van der Waals surface area (Å²) in [5, 5.41) is 0. The Morgan fingerprint density at radius 3 is 1.80 bits per heavy atom. The summed E-state index contributed by atoms with van der Waals surface area (Å²) in [7, 11) is 0. The summed E-state index contributed by atoms with van der Waals surface area (Å²) >= 11 is 11.0. The monoisotopic (exact) mass is 336 g/mol. The van der Waals surface area contributed by atoms with Gasteiger partial charge in [0.1, 0.15) is 10.9 Å². The quantitative estimate of drug-likeness (QED) is 0.273. The molecule has 0 amide bonds. The maximum absolute atomic E-state index is 13.2. The van der Waals surface area contributed by atoms with Gasteiger partial charge in [0.15, 0.2) is 23.3 Å². The van der Waals surface area contributed by atoms with Crippen LogP contribution in [0.2, 0.25) is 0 Å². The first-order chi connectivity index (χ1) is 9.04. The Balaban J connectivity index is 2.92. The zero-order valence-corrected chi connectivity index (χ0v) is 11.4. The van der Waals surface area contributed by atoms with Gasteiger partial charge in [0, 0.05) is 0 Å². The fourth-order valence-corrected chi connectivity index (χ4v) is 1.45. The van der Waals surface area contributed by atoms with E-state index < -0.39 is 58.0 Å². The molecule has 0 saturated heterocycles. The highest BCUT2D eigenvalue weighted by Crippen LogP contribution is 2.26. The van der Waals surface area contributed by atoms with Crippen LogP contribution in [0.25, 0.3) is 0 Å². The zero-order chi connectivity index (χ0) is 15.7. The van der Waals surface area contributed by atoms with Crippen molar-refractivity contribution in [2.45, 2.75) is 24.3 Å². The summed E-state index contributed by atoms with van der Waals surface area (Å²) in [6, 6.07) is 0.